The van der Waals surface area contributed by atoms with Crippen LogP contribution in [0.25, 0.3) is 0 Å². The van der Waals surface area contributed by atoms with E-state index in [1.54, 1.807) is 41.3 Å². The molecule has 2 N–H and O–H groups in total. The van der Waals surface area contributed by atoms with E-state index in [4.69, 9.17) is 0 Å². The minimum atomic E-state index is -3.76. The standard InChI is InChI=1S/C22H24N4O4S/c27-21-8-1-2-14-26(21)18-11-9-16(10-12-18)22(28)24-17-5-3-6-19(15-17)31(29,30)25-20-7-4-13-23-20/h3,5-6,9-12,15H,1-2,4,7-8,13-14H2,(H,23,25)(H,24,28). The SMILES string of the molecule is O=C(Nc1cccc(S(=O)(=O)NC2=NCCC2)c1)c1ccc(N2CCCCC2=O)cc1. The zero-order valence-corrected chi connectivity index (χ0v) is 17.8. The van der Waals surface area contributed by atoms with Crippen LogP contribution in [0.15, 0.2) is 58.4 Å². The van der Waals surface area contributed by atoms with Crippen molar-refractivity contribution in [1.29, 1.82) is 0 Å². The normalized spacial score (nSPS) is 16.7. The zero-order valence-electron chi connectivity index (χ0n) is 17.0. The lowest BCUT2D eigenvalue weighted by atomic mass is 10.1. The first-order chi connectivity index (χ1) is 14.9. The first kappa shape index (κ1) is 21.0. The molecule has 8 nitrogen and oxygen atoms in total. The molecule has 0 spiro atoms. The molecule has 2 heterocycles. The second-order valence-corrected chi connectivity index (χ2v) is 9.25. The summed E-state index contributed by atoms with van der Waals surface area (Å²) in [5, 5.41) is 2.73. The predicted octanol–water partition coefficient (Wildman–Crippen LogP) is 2.93. The van der Waals surface area contributed by atoms with E-state index in [9.17, 15) is 18.0 Å². The molecule has 9 heteroatoms. The van der Waals surface area contributed by atoms with Gasteiger partial charge in [-0.05, 0) is 61.7 Å². The Bertz CT molecular complexity index is 1130. The van der Waals surface area contributed by atoms with Crippen LogP contribution in [0.3, 0.4) is 0 Å². The van der Waals surface area contributed by atoms with Crippen LogP contribution in [-0.2, 0) is 14.8 Å². The fourth-order valence-electron chi connectivity index (χ4n) is 3.65. The summed E-state index contributed by atoms with van der Waals surface area (Å²) in [7, 11) is -3.76. The third-order valence-electron chi connectivity index (χ3n) is 5.29. The van der Waals surface area contributed by atoms with E-state index >= 15 is 0 Å². The lowest BCUT2D eigenvalue weighted by Crippen LogP contribution is -2.35. The Hall–Kier alpha value is -3.20. The summed E-state index contributed by atoms with van der Waals surface area (Å²) in [4.78, 5) is 30.6. The molecule has 0 atom stereocenters. The lowest BCUT2D eigenvalue weighted by molar-refractivity contribution is -0.119. The summed E-state index contributed by atoms with van der Waals surface area (Å²) in [6.07, 6.45) is 3.86. The van der Waals surface area contributed by atoms with Gasteiger partial charge in [-0.15, -0.1) is 0 Å². The Balaban J connectivity index is 1.45. The number of amides is 2. The number of carbonyl (C=O) groups is 2. The number of hydrogen-bond donors (Lipinski definition) is 2. The summed E-state index contributed by atoms with van der Waals surface area (Å²) in [6.45, 7) is 1.31. The smallest absolute Gasteiger partial charge is 0.262 e. The monoisotopic (exact) mass is 440 g/mol. The molecular formula is C22H24N4O4S. The van der Waals surface area contributed by atoms with E-state index in [2.05, 4.69) is 15.0 Å². The second kappa shape index (κ2) is 8.89. The highest BCUT2D eigenvalue weighted by atomic mass is 32.2. The first-order valence-electron chi connectivity index (χ1n) is 10.3. The molecular weight excluding hydrogens is 416 g/mol. The maximum atomic E-state index is 12.6. The van der Waals surface area contributed by atoms with E-state index < -0.39 is 10.0 Å². The minimum Gasteiger partial charge on any atom is -0.322 e. The molecule has 4 rings (SSSR count). The van der Waals surface area contributed by atoms with E-state index in [1.165, 1.54) is 12.1 Å². The van der Waals surface area contributed by atoms with Crippen molar-refractivity contribution in [3.8, 4) is 0 Å². The van der Waals surface area contributed by atoms with Crippen molar-refractivity contribution >= 4 is 39.0 Å². The van der Waals surface area contributed by atoms with Gasteiger partial charge in [-0.3, -0.25) is 19.3 Å². The largest absolute Gasteiger partial charge is 0.322 e. The molecule has 2 aliphatic rings. The number of piperidine rings is 1. The molecule has 0 saturated carbocycles. The average Bonchev–Trinajstić information content (AvgIpc) is 3.27. The fraction of sp³-hybridized carbons (Fsp3) is 0.318. The molecule has 0 radical (unpaired) electrons. The van der Waals surface area contributed by atoms with Gasteiger partial charge in [0.2, 0.25) is 5.91 Å². The molecule has 0 bridgehead atoms. The van der Waals surface area contributed by atoms with Crippen LogP contribution in [0.5, 0.6) is 0 Å². The average molecular weight is 441 g/mol. The minimum absolute atomic E-state index is 0.0545. The van der Waals surface area contributed by atoms with Gasteiger partial charge in [-0.25, -0.2) is 8.42 Å². The molecule has 31 heavy (non-hydrogen) atoms. The van der Waals surface area contributed by atoms with Crippen molar-refractivity contribution in [2.45, 2.75) is 37.0 Å². The number of nitrogens with one attached hydrogen (secondary N) is 2. The number of hydrogen-bond acceptors (Lipinski definition) is 5. The number of aliphatic imine (C=N–C) groups is 1. The van der Waals surface area contributed by atoms with Gasteiger partial charge in [-0.1, -0.05) is 6.07 Å². The van der Waals surface area contributed by atoms with Crippen molar-refractivity contribution in [3.05, 3.63) is 54.1 Å². The van der Waals surface area contributed by atoms with E-state index in [1.807, 2.05) is 0 Å². The molecule has 1 saturated heterocycles. The second-order valence-electron chi connectivity index (χ2n) is 7.57. The first-order valence-corrected chi connectivity index (χ1v) is 11.8. The van der Waals surface area contributed by atoms with Gasteiger partial charge in [0, 0.05) is 42.9 Å². The van der Waals surface area contributed by atoms with Crippen LogP contribution in [0, 0.1) is 0 Å². The van der Waals surface area contributed by atoms with Crippen molar-refractivity contribution in [3.63, 3.8) is 0 Å². The molecule has 2 aliphatic heterocycles. The molecule has 2 aromatic rings. The molecule has 1 fully saturated rings. The van der Waals surface area contributed by atoms with Gasteiger partial charge in [0.1, 0.15) is 5.84 Å². The van der Waals surface area contributed by atoms with Crippen molar-refractivity contribution in [1.82, 2.24) is 4.72 Å². The quantitative estimate of drug-likeness (QED) is 0.745. The number of nitrogens with zero attached hydrogens (tertiary/aromatic N) is 2. The predicted molar refractivity (Wildman–Crippen MR) is 119 cm³/mol. The van der Waals surface area contributed by atoms with Gasteiger partial charge in [0.05, 0.1) is 4.90 Å². The summed E-state index contributed by atoms with van der Waals surface area (Å²) < 4.78 is 27.6. The third-order valence-corrected chi connectivity index (χ3v) is 6.67. The zero-order chi connectivity index (χ0) is 21.8. The summed E-state index contributed by atoms with van der Waals surface area (Å²) in [6, 6.07) is 12.9. The number of amidine groups is 1. The van der Waals surface area contributed by atoms with Gasteiger partial charge in [0.25, 0.3) is 15.9 Å². The Morgan fingerprint density at radius 1 is 1.00 bits per heavy atom. The summed E-state index contributed by atoms with van der Waals surface area (Å²) in [5.41, 5.74) is 1.56. The van der Waals surface area contributed by atoms with Crippen LogP contribution in [0.1, 0.15) is 42.5 Å². The summed E-state index contributed by atoms with van der Waals surface area (Å²) in [5.74, 6) is 0.194. The Labute approximate surface area is 181 Å². The number of carbonyl (C=O) groups excluding carboxylic acids is 2. The van der Waals surface area contributed by atoms with Crippen molar-refractivity contribution < 1.29 is 18.0 Å². The molecule has 2 amide bonds. The topological polar surface area (TPSA) is 108 Å². The van der Waals surface area contributed by atoms with E-state index in [0.29, 0.717) is 43.0 Å². The Morgan fingerprint density at radius 3 is 2.52 bits per heavy atom. The maximum absolute atomic E-state index is 12.6. The number of rotatable bonds is 5. The van der Waals surface area contributed by atoms with Gasteiger partial charge < -0.3 is 10.2 Å². The van der Waals surface area contributed by atoms with Crippen LogP contribution in [0.2, 0.25) is 0 Å². The van der Waals surface area contributed by atoms with Gasteiger partial charge in [0.15, 0.2) is 0 Å². The Kier molecular flexibility index (Phi) is 6.03. The van der Waals surface area contributed by atoms with Gasteiger partial charge in [-0.2, -0.15) is 0 Å². The lowest BCUT2D eigenvalue weighted by Gasteiger charge is -2.26. The van der Waals surface area contributed by atoms with Crippen LogP contribution in [-0.4, -0.2) is 39.2 Å². The highest BCUT2D eigenvalue weighted by Gasteiger charge is 2.21. The molecule has 0 unspecified atom stereocenters. The highest BCUT2D eigenvalue weighted by molar-refractivity contribution is 7.90. The molecule has 0 aliphatic carbocycles. The van der Waals surface area contributed by atoms with Crippen LogP contribution >= 0.6 is 0 Å². The van der Waals surface area contributed by atoms with Crippen molar-refractivity contribution in [2.24, 2.45) is 4.99 Å². The number of sulfonamides is 1. The number of anilines is 2. The van der Waals surface area contributed by atoms with Gasteiger partial charge >= 0.3 is 0 Å². The van der Waals surface area contributed by atoms with E-state index in [-0.39, 0.29) is 16.7 Å². The third kappa shape index (κ3) is 4.93. The summed E-state index contributed by atoms with van der Waals surface area (Å²) >= 11 is 0. The molecule has 0 aromatic heterocycles. The Morgan fingerprint density at radius 2 is 1.81 bits per heavy atom. The number of benzene rings is 2. The molecule has 2 aromatic carbocycles. The fourth-order valence-corrected chi connectivity index (χ4v) is 4.79. The van der Waals surface area contributed by atoms with Crippen LogP contribution in [0.4, 0.5) is 11.4 Å². The van der Waals surface area contributed by atoms with Crippen molar-refractivity contribution in [2.75, 3.05) is 23.3 Å². The molecule has 162 valence electrons. The highest BCUT2D eigenvalue weighted by Crippen LogP contribution is 2.22. The van der Waals surface area contributed by atoms with E-state index in [0.717, 1.165) is 24.9 Å². The maximum Gasteiger partial charge on any atom is 0.262 e. The van der Waals surface area contributed by atoms with Crippen LogP contribution < -0.4 is 14.9 Å².